The van der Waals surface area contributed by atoms with Crippen molar-refractivity contribution in [2.75, 3.05) is 0 Å². The summed E-state index contributed by atoms with van der Waals surface area (Å²) in [5.41, 5.74) is 0.469. The fourth-order valence-corrected chi connectivity index (χ4v) is 1.07. The van der Waals surface area contributed by atoms with Crippen LogP contribution in [-0.4, -0.2) is 11.4 Å². The van der Waals surface area contributed by atoms with Crippen molar-refractivity contribution >= 4 is 6.29 Å². The van der Waals surface area contributed by atoms with E-state index in [9.17, 15) is 4.79 Å². The van der Waals surface area contributed by atoms with E-state index in [1.165, 1.54) is 6.20 Å². The van der Waals surface area contributed by atoms with Crippen LogP contribution in [0.15, 0.2) is 33.5 Å². The van der Waals surface area contributed by atoms with Crippen LogP contribution >= 0.6 is 0 Å². The van der Waals surface area contributed by atoms with Gasteiger partial charge in [-0.05, 0) is 12.1 Å². The molecule has 0 amide bonds. The van der Waals surface area contributed by atoms with Crippen molar-refractivity contribution in [2.24, 2.45) is 0 Å². The third-order valence-electron chi connectivity index (χ3n) is 1.72. The van der Waals surface area contributed by atoms with E-state index in [2.05, 4.69) is 5.16 Å². The van der Waals surface area contributed by atoms with Crippen LogP contribution in [-0.2, 0) is 6.42 Å². The van der Waals surface area contributed by atoms with Crippen molar-refractivity contribution in [3.8, 4) is 0 Å². The number of aromatic nitrogens is 1. The van der Waals surface area contributed by atoms with Crippen molar-refractivity contribution in [2.45, 2.75) is 6.42 Å². The molecule has 13 heavy (non-hydrogen) atoms. The van der Waals surface area contributed by atoms with E-state index in [1.807, 2.05) is 6.07 Å². The summed E-state index contributed by atoms with van der Waals surface area (Å²) in [7, 11) is 0. The van der Waals surface area contributed by atoms with E-state index in [0.717, 1.165) is 12.0 Å². The summed E-state index contributed by atoms with van der Waals surface area (Å²) in [6.45, 7) is 0. The third kappa shape index (κ3) is 1.51. The van der Waals surface area contributed by atoms with Crippen molar-refractivity contribution in [3.05, 3.63) is 41.7 Å². The van der Waals surface area contributed by atoms with Crippen LogP contribution < -0.4 is 0 Å². The predicted octanol–water partition coefficient (Wildman–Crippen LogP) is 1.67. The molecule has 4 nitrogen and oxygen atoms in total. The van der Waals surface area contributed by atoms with Crippen LogP contribution in [0.2, 0.25) is 0 Å². The molecule has 4 heteroatoms. The molecule has 2 aromatic heterocycles. The Labute approximate surface area is 74.1 Å². The van der Waals surface area contributed by atoms with E-state index < -0.39 is 0 Å². The Hall–Kier alpha value is -1.84. The Morgan fingerprint density at radius 3 is 3.15 bits per heavy atom. The molecule has 0 saturated heterocycles. The van der Waals surface area contributed by atoms with Gasteiger partial charge in [0.25, 0.3) is 0 Å². The molecular weight excluding hydrogens is 170 g/mol. The van der Waals surface area contributed by atoms with E-state index >= 15 is 0 Å². The van der Waals surface area contributed by atoms with Gasteiger partial charge in [-0.25, -0.2) is 0 Å². The van der Waals surface area contributed by atoms with Gasteiger partial charge in [0.15, 0.2) is 12.0 Å². The molecule has 66 valence electrons. The molecule has 2 heterocycles. The molecular formula is C9H7NO3. The first-order chi connectivity index (χ1) is 6.40. The maximum absolute atomic E-state index is 10.5. The molecule has 0 radical (unpaired) electrons. The molecule has 0 aliphatic carbocycles. The Morgan fingerprint density at radius 1 is 1.54 bits per heavy atom. The predicted molar refractivity (Wildman–Crippen MR) is 43.4 cm³/mol. The number of furan rings is 1. The van der Waals surface area contributed by atoms with Crippen LogP contribution in [0, 0.1) is 0 Å². The van der Waals surface area contributed by atoms with E-state index in [1.54, 1.807) is 12.3 Å². The first-order valence-corrected chi connectivity index (χ1v) is 3.81. The Morgan fingerprint density at radius 2 is 2.46 bits per heavy atom. The highest BCUT2D eigenvalue weighted by molar-refractivity contribution is 5.75. The fraction of sp³-hybridized carbons (Fsp3) is 0.111. The largest absolute Gasteiger partial charge is 0.469 e. The summed E-state index contributed by atoms with van der Waals surface area (Å²) >= 11 is 0. The number of hydrogen-bond donors (Lipinski definition) is 0. The standard InChI is InChI=1S/C9H7NO3/c11-6-7-5-10-13-9(7)4-8-2-1-3-12-8/h1-3,5-6H,4H2. The highest BCUT2D eigenvalue weighted by Gasteiger charge is 2.08. The lowest BCUT2D eigenvalue weighted by atomic mass is 10.2. The fourth-order valence-electron chi connectivity index (χ4n) is 1.07. The second kappa shape index (κ2) is 3.26. The molecule has 2 rings (SSSR count). The lowest BCUT2D eigenvalue weighted by Crippen LogP contribution is -1.87. The number of hydrogen-bond acceptors (Lipinski definition) is 4. The summed E-state index contributed by atoms with van der Waals surface area (Å²) in [4.78, 5) is 10.5. The minimum Gasteiger partial charge on any atom is -0.469 e. The number of aldehydes is 1. The zero-order valence-corrected chi connectivity index (χ0v) is 6.77. The van der Waals surface area contributed by atoms with Crippen LogP contribution in [0.3, 0.4) is 0 Å². The van der Waals surface area contributed by atoms with Crippen LogP contribution in [0.5, 0.6) is 0 Å². The summed E-state index contributed by atoms with van der Waals surface area (Å²) in [5.74, 6) is 1.28. The van der Waals surface area contributed by atoms with Gasteiger partial charge in [0, 0.05) is 0 Å². The molecule has 2 aromatic rings. The topological polar surface area (TPSA) is 56.2 Å². The molecule has 0 N–H and O–H groups in total. The Kier molecular flexibility index (Phi) is 1.96. The van der Waals surface area contributed by atoms with Crippen LogP contribution in [0.25, 0.3) is 0 Å². The molecule has 0 bridgehead atoms. The van der Waals surface area contributed by atoms with Gasteiger partial charge in [0.2, 0.25) is 0 Å². The average Bonchev–Trinajstić information content (AvgIpc) is 2.76. The third-order valence-corrected chi connectivity index (χ3v) is 1.72. The Balaban J connectivity index is 2.23. The van der Waals surface area contributed by atoms with E-state index in [4.69, 9.17) is 8.94 Å². The monoisotopic (exact) mass is 177 g/mol. The van der Waals surface area contributed by atoms with Gasteiger partial charge < -0.3 is 8.94 Å². The molecule has 0 aromatic carbocycles. The van der Waals surface area contributed by atoms with Gasteiger partial charge in [0.1, 0.15) is 5.76 Å². The van der Waals surface area contributed by atoms with Crippen molar-refractivity contribution in [3.63, 3.8) is 0 Å². The smallest absolute Gasteiger partial charge is 0.155 e. The number of rotatable bonds is 3. The average molecular weight is 177 g/mol. The van der Waals surface area contributed by atoms with E-state index in [0.29, 0.717) is 17.7 Å². The molecule has 0 fully saturated rings. The van der Waals surface area contributed by atoms with Gasteiger partial charge in [-0.3, -0.25) is 4.79 Å². The van der Waals surface area contributed by atoms with Crippen LogP contribution in [0.4, 0.5) is 0 Å². The van der Waals surface area contributed by atoms with Gasteiger partial charge in [-0.2, -0.15) is 0 Å². The first kappa shape index (κ1) is 7.79. The summed E-state index contributed by atoms with van der Waals surface area (Å²) in [6, 6.07) is 3.60. The normalized spacial score (nSPS) is 10.2. The number of nitrogens with zero attached hydrogens (tertiary/aromatic N) is 1. The summed E-state index contributed by atoms with van der Waals surface area (Å²) < 4.78 is 9.99. The molecule has 0 atom stereocenters. The van der Waals surface area contributed by atoms with Gasteiger partial charge in [-0.15, -0.1) is 0 Å². The summed E-state index contributed by atoms with van der Waals surface area (Å²) in [5, 5.41) is 3.53. The molecule has 0 aliphatic rings. The minimum absolute atomic E-state index is 0.459. The zero-order chi connectivity index (χ0) is 9.10. The lowest BCUT2D eigenvalue weighted by Gasteiger charge is -1.91. The van der Waals surface area contributed by atoms with Gasteiger partial charge in [-0.1, -0.05) is 5.16 Å². The maximum Gasteiger partial charge on any atom is 0.155 e. The second-order valence-electron chi connectivity index (χ2n) is 2.58. The van der Waals surface area contributed by atoms with Crippen molar-refractivity contribution in [1.29, 1.82) is 0 Å². The highest BCUT2D eigenvalue weighted by atomic mass is 16.5. The number of carbonyl (C=O) groups is 1. The van der Waals surface area contributed by atoms with E-state index in [-0.39, 0.29) is 0 Å². The number of carbonyl (C=O) groups excluding carboxylic acids is 1. The van der Waals surface area contributed by atoms with Gasteiger partial charge >= 0.3 is 0 Å². The quantitative estimate of drug-likeness (QED) is 0.669. The highest BCUT2D eigenvalue weighted by Crippen LogP contribution is 2.12. The first-order valence-electron chi connectivity index (χ1n) is 3.81. The van der Waals surface area contributed by atoms with Crippen LogP contribution in [0.1, 0.15) is 21.9 Å². The molecule has 0 saturated carbocycles. The molecule has 0 spiro atoms. The molecule has 0 aliphatic heterocycles. The SMILES string of the molecule is O=Cc1cnoc1Cc1ccco1. The lowest BCUT2D eigenvalue weighted by molar-refractivity contribution is 0.112. The maximum atomic E-state index is 10.5. The van der Waals surface area contributed by atoms with Gasteiger partial charge in [0.05, 0.1) is 24.4 Å². The minimum atomic E-state index is 0.459. The summed E-state index contributed by atoms with van der Waals surface area (Å²) in [6.07, 6.45) is 4.15. The molecule has 0 unspecified atom stereocenters. The van der Waals surface area contributed by atoms with Crippen molar-refractivity contribution in [1.82, 2.24) is 5.16 Å². The zero-order valence-electron chi connectivity index (χ0n) is 6.77. The van der Waals surface area contributed by atoms with Crippen molar-refractivity contribution < 1.29 is 13.7 Å². The Bertz CT molecular complexity index is 389. The second-order valence-corrected chi connectivity index (χ2v) is 2.58.